The van der Waals surface area contributed by atoms with Gasteiger partial charge in [-0.15, -0.1) is 0 Å². The number of hydrogen-bond acceptors (Lipinski definition) is 5. The SMILES string of the molecule is CCOP(=O)(Cc1ccc(CNC(=O)C=Cc2cnn(C)c2-c2ccc(F)cc2)cc1)OCC. The first-order chi connectivity index (χ1) is 16.3. The lowest BCUT2D eigenvalue weighted by molar-refractivity contribution is -0.116. The van der Waals surface area contributed by atoms with Crippen molar-refractivity contribution in [2.45, 2.75) is 26.6 Å². The summed E-state index contributed by atoms with van der Waals surface area (Å²) in [6.45, 7) is 4.54. The van der Waals surface area contributed by atoms with Crippen LogP contribution < -0.4 is 5.32 Å². The third-order valence-corrected chi connectivity index (χ3v) is 7.07. The Kier molecular flexibility index (Phi) is 8.93. The summed E-state index contributed by atoms with van der Waals surface area (Å²) in [4.78, 5) is 12.3. The molecular weight excluding hydrogens is 456 g/mol. The maximum Gasteiger partial charge on any atom is 0.335 e. The molecule has 0 bridgehead atoms. The van der Waals surface area contributed by atoms with Crippen molar-refractivity contribution in [2.24, 2.45) is 7.05 Å². The molecule has 0 spiro atoms. The summed E-state index contributed by atoms with van der Waals surface area (Å²) in [5.41, 5.74) is 4.09. The van der Waals surface area contributed by atoms with Gasteiger partial charge in [0.15, 0.2) is 0 Å². The topological polar surface area (TPSA) is 82.5 Å². The fraction of sp³-hybridized carbons (Fsp3) is 0.280. The molecule has 9 heteroatoms. The van der Waals surface area contributed by atoms with E-state index in [1.165, 1.54) is 18.2 Å². The molecule has 0 aliphatic rings. The van der Waals surface area contributed by atoms with E-state index in [2.05, 4.69) is 10.4 Å². The van der Waals surface area contributed by atoms with Gasteiger partial charge in [-0.25, -0.2) is 4.39 Å². The Balaban J connectivity index is 1.59. The highest BCUT2D eigenvalue weighted by Crippen LogP contribution is 2.51. The van der Waals surface area contributed by atoms with Crippen molar-refractivity contribution in [1.29, 1.82) is 0 Å². The Hall–Kier alpha value is -3.06. The van der Waals surface area contributed by atoms with Crippen LogP contribution >= 0.6 is 7.60 Å². The van der Waals surface area contributed by atoms with E-state index < -0.39 is 7.60 Å². The lowest BCUT2D eigenvalue weighted by Crippen LogP contribution is -2.20. The molecule has 7 nitrogen and oxygen atoms in total. The molecule has 0 radical (unpaired) electrons. The number of aromatic nitrogens is 2. The van der Waals surface area contributed by atoms with Crippen molar-refractivity contribution < 1.29 is 22.8 Å². The van der Waals surface area contributed by atoms with Gasteiger partial charge in [0, 0.05) is 30.8 Å². The van der Waals surface area contributed by atoms with E-state index in [-0.39, 0.29) is 17.9 Å². The summed E-state index contributed by atoms with van der Waals surface area (Å²) in [5, 5.41) is 7.09. The van der Waals surface area contributed by atoms with Crippen LogP contribution in [0.5, 0.6) is 0 Å². The zero-order chi connectivity index (χ0) is 24.6. The molecule has 0 atom stereocenters. The first-order valence-electron chi connectivity index (χ1n) is 11.0. The molecule has 3 rings (SSSR count). The summed E-state index contributed by atoms with van der Waals surface area (Å²) >= 11 is 0. The van der Waals surface area contributed by atoms with Crippen molar-refractivity contribution >= 4 is 19.6 Å². The lowest BCUT2D eigenvalue weighted by atomic mass is 10.1. The van der Waals surface area contributed by atoms with Crippen LogP contribution in [0.25, 0.3) is 17.3 Å². The molecule has 0 fully saturated rings. The maximum atomic E-state index is 13.3. The Labute approximate surface area is 199 Å². The standard InChI is InChI=1S/C25H29FN3O4P/c1-4-32-34(31,33-5-2)18-20-8-6-19(7-9-20)16-27-24(30)15-12-22-17-28-29(3)25(22)21-10-13-23(26)14-11-21/h6-15,17H,4-5,16,18H2,1-3H3,(H,27,30). The number of carbonyl (C=O) groups is 1. The first kappa shape index (κ1) is 25.6. The third-order valence-electron chi connectivity index (χ3n) is 5.02. The largest absolute Gasteiger partial charge is 0.348 e. The van der Waals surface area contributed by atoms with Gasteiger partial charge in [-0.05, 0) is 55.3 Å². The Morgan fingerprint density at radius 1 is 1.06 bits per heavy atom. The number of amides is 1. The van der Waals surface area contributed by atoms with Gasteiger partial charge in [0.2, 0.25) is 5.91 Å². The van der Waals surface area contributed by atoms with Crippen molar-refractivity contribution in [3.05, 3.63) is 83.3 Å². The number of nitrogens with one attached hydrogen (secondary N) is 1. The van der Waals surface area contributed by atoms with Crippen molar-refractivity contribution in [2.75, 3.05) is 13.2 Å². The molecule has 0 saturated carbocycles. The summed E-state index contributed by atoms with van der Waals surface area (Å²) in [6.07, 6.45) is 4.98. The molecule has 1 aromatic heterocycles. The molecule has 1 amide bonds. The van der Waals surface area contributed by atoms with Gasteiger partial charge >= 0.3 is 7.60 Å². The van der Waals surface area contributed by atoms with Crippen LogP contribution in [0.15, 0.2) is 60.8 Å². The average Bonchev–Trinajstić information content (AvgIpc) is 3.18. The van der Waals surface area contributed by atoms with E-state index >= 15 is 0 Å². The highest BCUT2D eigenvalue weighted by molar-refractivity contribution is 7.53. The predicted octanol–water partition coefficient (Wildman–Crippen LogP) is 5.32. The number of nitrogens with zero attached hydrogens (tertiary/aromatic N) is 2. The minimum atomic E-state index is -3.16. The fourth-order valence-electron chi connectivity index (χ4n) is 3.46. The second-order valence-electron chi connectivity index (χ2n) is 7.55. The summed E-state index contributed by atoms with van der Waals surface area (Å²) in [7, 11) is -1.36. The third kappa shape index (κ3) is 6.97. The number of halogens is 1. The van der Waals surface area contributed by atoms with E-state index in [1.807, 2.05) is 24.3 Å². The quantitative estimate of drug-likeness (QED) is 0.294. The smallest absolute Gasteiger partial charge is 0.335 e. The Bertz CT molecular complexity index is 1160. The van der Waals surface area contributed by atoms with Crippen LogP contribution in [-0.2, 0) is 38.2 Å². The monoisotopic (exact) mass is 485 g/mol. The van der Waals surface area contributed by atoms with Crippen LogP contribution in [0.1, 0.15) is 30.5 Å². The number of carbonyl (C=O) groups excluding carboxylic acids is 1. The maximum absolute atomic E-state index is 13.3. The highest BCUT2D eigenvalue weighted by Gasteiger charge is 2.23. The number of benzene rings is 2. The van der Waals surface area contributed by atoms with Crippen LogP contribution in [0, 0.1) is 5.82 Å². The molecule has 2 aromatic carbocycles. The number of aryl methyl sites for hydroxylation is 1. The molecule has 0 unspecified atom stereocenters. The van der Waals surface area contributed by atoms with E-state index in [4.69, 9.17) is 9.05 Å². The first-order valence-corrected chi connectivity index (χ1v) is 12.8. The Morgan fingerprint density at radius 2 is 1.68 bits per heavy atom. The number of hydrogen-bond donors (Lipinski definition) is 1. The normalized spacial score (nSPS) is 11.8. The summed E-state index contributed by atoms with van der Waals surface area (Å²) in [5.74, 6) is -0.566. The zero-order valence-electron chi connectivity index (χ0n) is 19.5. The fourth-order valence-corrected chi connectivity index (χ4v) is 5.16. The summed E-state index contributed by atoms with van der Waals surface area (Å²) in [6, 6.07) is 13.6. The molecule has 1 N–H and O–H groups in total. The van der Waals surface area contributed by atoms with Crippen LogP contribution in [0.3, 0.4) is 0 Å². The van der Waals surface area contributed by atoms with E-state index in [1.54, 1.807) is 50.0 Å². The second kappa shape index (κ2) is 11.9. The van der Waals surface area contributed by atoms with Crippen LogP contribution in [0.2, 0.25) is 0 Å². The van der Waals surface area contributed by atoms with Crippen LogP contribution in [0.4, 0.5) is 4.39 Å². The van der Waals surface area contributed by atoms with Gasteiger partial charge in [-0.3, -0.25) is 14.0 Å². The van der Waals surface area contributed by atoms with Gasteiger partial charge in [-0.2, -0.15) is 5.10 Å². The van der Waals surface area contributed by atoms with Gasteiger partial charge in [0.1, 0.15) is 5.82 Å². The zero-order valence-corrected chi connectivity index (χ0v) is 20.4. The highest BCUT2D eigenvalue weighted by atomic mass is 31.2. The van der Waals surface area contributed by atoms with Crippen LogP contribution in [-0.4, -0.2) is 28.9 Å². The minimum Gasteiger partial charge on any atom is -0.348 e. The van der Waals surface area contributed by atoms with Gasteiger partial charge in [0.25, 0.3) is 0 Å². The molecule has 3 aromatic rings. The molecular formula is C25H29FN3O4P. The lowest BCUT2D eigenvalue weighted by Gasteiger charge is -2.17. The molecule has 34 heavy (non-hydrogen) atoms. The van der Waals surface area contributed by atoms with Crippen molar-refractivity contribution in [1.82, 2.24) is 15.1 Å². The van der Waals surface area contributed by atoms with E-state index in [0.29, 0.717) is 19.8 Å². The van der Waals surface area contributed by atoms with Gasteiger partial charge in [-0.1, -0.05) is 24.3 Å². The average molecular weight is 485 g/mol. The number of rotatable bonds is 11. The minimum absolute atomic E-state index is 0.200. The molecule has 0 aliphatic carbocycles. The molecule has 0 saturated heterocycles. The van der Waals surface area contributed by atoms with Gasteiger partial charge < -0.3 is 14.4 Å². The van der Waals surface area contributed by atoms with E-state index in [9.17, 15) is 13.8 Å². The molecule has 0 aliphatic heterocycles. The van der Waals surface area contributed by atoms with Crippen molar-refractivity contribution in [3.63, 3.8) is 0 Å². The molecule has 1 heterocycles. The molecule has 180 valence electrons. The van der Waals surface area contributed by atoms with Crippen molar-refractivity contribution in [3.8, 4) is 11.3 Å². The Morgan fingerprint density at radius 3 is 2.29 bits per heavy atom. The second-order valence-corrected chi connectivity index (χ2v) is 9.61. The predicted molar refractivity (Wildman–Crippen MR) is 130 cm³/mol. The summed E-state index contributed by atoms with van der Waals surface area (Å²) < 4.78 is 38.3. The van der Waals surface area contributed by atoms with E-state index in [0.717, 1.165) is 27.9 Å². The van der Waals surface area contributed by atoms with Gasteiger partial charge in [0.05, 0.1) is 31.3 Å².